The molecule has 2 rings (SSSR count). The molecule has 19 heavy (non-hydrogen) atoms. The van der Waals surface area contributed by atoms with Crippen molar-refractivity contribution in [1.29, 1.82) is 0 Å². The van der Waals surface area contributed by atoms with Crippen molar-refractivity contribution in [1.82, 2.24) is 9.55 Å². The van der Waals surface area contributed by atoms with Crippen LogP contribution in [0, 0.1) is 11.7 Å². The van der Waals surface area contributed by atoms with Gasteiger partial charge in [-0.2, -0.15) is 0 Å². The van der Waals surface area contributed by atoms with Gasteiger partial charge < -0.3 is 4.57 Å². The summed E-state index contributed by atoms with van der Waals surface area (Å²) in [6, 6.07) is 5.14. The van der Waals surface area contributed by atoms with Crippen molar-refractivity contribution in [2.45, 2.75) is 39.7 Å². The van der Waals surface area contributed by atoms with Gasteiger partial charge in [0.1, 0.15) is 11.6 Å². The van der Waals surface area contributed by atoms with E-state index in [9.17, 15) is 4.39 Å². The fourth-order valence-electron chi connectivity index (χ4n) is 2.66. The third kappa shape index (κ3) is 3.08. The number of halogens is 2. The second-order valence-electron chi connectivity index (χ2n) is 5.45. The Hall–Kier alpha value is -1.09. The number of hydrogen-bond acceptors (Lipinski definition) is 1. The number of imidazole rings is 1. The van der Waals surface area contributed by atoms with Crippen LogP contribution >= 0.6 is 11.6 Å². The number of hydrogen-bond donors (Lipinski definition) is 0. The molecule has 0 spiro atoms. The Labute approximate surface area is 118 Å². The zero-order valence-electron chi connectivity index (χ0n) is 11.7. The Bertz CT molecular complexity index is 563. The van der Waals surface area contributed by atoms with Crippen LogP contribution in [0.3, 0.4) is 0 Å². The lowest BCUT2D eigenvalue weighted by Crippen LogP contribution is -2.12. The lowest BCUT2D eigenvalue weighted by atomic mass is 10.0. The fourth-order valence-corrected chi connectivity index (χ4v) is 2.83. The molecular weight excluding hydrogens is 263 g/mol. The monoisotopic (exact) mass is 282 g/mol. The minimum absolute atomic E-state index is 0.244. The average molecular weight is 283 g/mol. The summed E-state index contributed by atoms with van der Waals surface area (Å²) in [7, 11) is 0. The Kier molecular flexibility index (Phi) is 4.46. The number of benzene rings is 1. The maximum Gasteiger partial charge on any atom is 0.125 e. The van der Waals surface area contributed by atoms with Gasteiger partial charge in [-0.25, -0.2) is 9.37 Å². The predicted molar refractivity (Wildman–Crippen MR) is 78.3 cm³/mol. The third-order valence-corrected chi connectivity index (χ3v) is 3.48. The summed E-state index contributed by atoms with van der Waals surface area (Å²) in [5.41, 5.74) is 1.71. The van der Waals surface area contributed by atoms with Crippen molar-refractivity contribution in [2.24, 2.45) is 5.92 Å². The van der Waals surface area contributed by atoms with E-state index in [1.54, 1.807) is 0 Å². The van der Waals surface area contributed by atoms with Crippen molar-refractivity contribution in [2.75, 3.05) is 5.88 Å². The first-order valence-electron chi connectivity index (χ1n) is 6.75. The van der Waals surface area contributed by atoms with Crippen LogP contribution in [0.1, 0.15) is 39.1 Å². The summed E-state index contributed by atoms with van der Waals surface area (Å²) in [5, 5.41) is 0. The second kappa shape index (κ2) is 5.91. The lowest BCUT2D eigenvalue weighted by molar-refractivity contribution is 0.426. The van der Waals surface area contributed by atoms with E-state index in [2.05, 4.69) is 30.3 Å². The van der Waals surface area contributed by atoms with Crippen LogP contribution in [0.25, 0.3) is 11.0 Å². The molecule has 104 valence electrons. The van der Waals surface area contributed by atoms with Gasteiger partial charge in [0, 0.05) is 24.4 Å². The van der Waals surface area contributed by atoms with Gasteiger partial charge in [0.05, 0.1) is 11.0 Å². The average Bonchev–Trinajstić information content (AvgIpc) is 2.65. The number of rotatable bonds is 5. The molecule has 0 aliphatic heterocycles. The quantitative estimate of drug-likeness (QED) is 0.735. The minimum Gasteiger partial charge on any atom is -0.325 e. The van der Waals surface area contributed by atoms with E-state index in [1.165, 1.54) is 12.1 Å². The molecule has 0 radical (unpaired) electrons. The van der Waals surface area contributed by atoms with Crippen LogP contribution < -0.4 is 0 Å². The van der Waals surface area contributed by atoms with E-state index in [0.717, 1.165) is 23.3 Å². The van der Waals surface area contributed by atoms with Gasteiger partial charge in [-0.15, -0.1) is 11.6 Å². The van der Waals surface area contributed by atoms with Crippen molar-refractivity contribution in [3.63, 3.8) is 0 Å². The van der Waals surface area contributed by atoms with Crippen molar-refractivity contribution in [3.05, 3.63) is 29.8 Å². The molecule has 1 heterocycles. The largest absolute Gasteiger partial charge is 0.325 e. The standard InChI is InChI=1S/C15H20ClFN2/c1-10(2)8-11(3)19-14-5-4-12(17)9-13(14)18-15(19)6-7-16/h4-5,9-11H,6-8H2,1-3H3. The normalized spacial score (nSPS) is 13.4. The van der Waals surface area contributed by atoms with Crippen LogP contribution in [0.2, 0.25) is 0 Å². The Balaban J connectivity index is 2.51. The molecule has 0 aliphatic rings. The zero-order chi connectivity index (χ0) is 14.0. The first kappa shape index (κ1) is 14.3. The van der Waals surface area contributed by atoms with E-state index in [0.29, 0.717) is 24.3 Å². The van der Waals surface area contributed by atoms with Gasteiger partial charge in [0.15, 0.2) is 0 Å². The number of nitrogens with zero attached hydrogens (tertiary/aromatic N) is 2. The summed E-state index contributed by atoms with van der Waals surface area (Å²) < 4.78 is 15.5. The summed E-state index contributed by atoms with van der Waals surface area (Å²) >= 11 is 5.85. The van der Waals surface area contributed by atoms with Crippen LogP contribution in [0.4, 0.5) is 4.39 Å². The maximum atomic E-state index is 13.3. The summed E-state index contributed by atoms with van der Waals surface area (Å²) in [6.07, 6.45) is 1.78. The fraction of sp³-hybridized carbons (Fsp3) is 0.533. The van der Waals surface area contributed by atoms with Gasteiger partial charge >= 0.3 is 0 Å². The molecule has 0 saturated heterocycles. The van der Waals surface area contributed by atoms with Crippen molar-refractivity contribution >= 4 is 22.6 Å². The molecule has 0 fully saturated rings. The first-order chi connectivity index (χ1) is 9.02. The van der Waals surface area contributed by atoms with Crippen molar-refractivity contribution < 1.29 is 4.39 Å². The molecule has 2 aromatic rings. The number of fused-ring (bicyclic) bond motifs is 1. The van der Waals surface area contributed by atoms with E-state index in [4.69, 9.17) is 11.6 Å². The predicted octanol–water partition coefficient (Wildman–Crippen LogP) is 4.56. The number of alkyl halides is 1. The van der Waals surface area contributed by atoms with E-state index in [1.807, 2.05) is 6.07 Å². The summed E-state index contributed by atoms with van der Waals surface area (Å²) in [6.45, 7) is 6.59. The Morgan fingerprint density at radius 3 is 2.68 bits per heavy atom. The van der Waals surface area contributed by atoms with Gasteiger partial charge in [0.2, 0.25) is 0 Å². The summed E-state index contributed by atoms with van der Waals surface area (Å²) in [5.74, 6) is 1.84. The first-order valence-corrected chi connectivity index (χ1v) is 7.28. The van der Waals surface area contributed by atoms with Gasteiger partial charge in [-0.05, 0) is 31.4 Å². The molecule has 1 atom stereocenters. The van der Waals surface area contributed by atoms with Crippen LogP contribution in [-0.2, 0) is 6.42 Å². The van der Waals surface area contributed by atoms with Gasteiger partial charge in [-0.3, -0.25) is 0 Å². The highest BCUT2D eigenvalue weighted by molar-refractivity contribution is 6.17. The van der Waals surface area contributed by atoms with Crippen LogP contribution in [-0.4, -0.2) is 15.4 Å². The van der Waals surface area contributed by atoms with Crippen LogP contribution in [0.5, 0.6) is 0 Å². The molecular formula is C15H20ClFN2. The van der Waals surface area contributed by atoms with E-state index < -0.39 is 0 Å². The van der Waals surface area contributed by atoms with Crippen LogP contribution in [0.15, 0.2) is 18.2 Å². The lowest BCUT2D eigenvalue weighted by Gasteiger charge is -2.19. The second-order valence-corrected chi connectivity index (χ2v) is 5.83. The maximum absolute atomic E-state index is 13.3. The van der Waals surface area contributed by atoms with Crippen molar-refractivity contribution in [3.8, 4) is 0 Å². The highest BCUT2D eigenvalue weighted by Crippen LogP contribution is 2.26. The molecule has 0 amide bonds. The Morgan fingerprint density at radius 2 is 2.05 bits per heavy atom. The van der Waals surface area contributed by atoms with Gasteiger partial charge in [0.25, 0.3) is 0 Å². The highest BCUT2D eigenvalue weighted by atomic mass is 35.5. The smallest absolute Gasteiger partial charge is 0.125 e. The topological polar surface area (TPSA) is 17.8 Å². The molecule has 0 N–H and O–H groups in total. The molecule has 4 heteroatoms. The molecule has 1 aromatic carbocycles. The van der Waals surface area contributed by atoms with Gasteiger partial charge in [-0.1, -0.05) is 13.8 Å². The van der Waals surface area contributed by atoms with E-state index in [-0.39, 0.29) is 5.82 Å². The SMILES string of the molecule is CC(C)CC(C)n1c(CCCl)nc2cc(F)ccc21. The molecule has 0 bridgehead atoms. The highest BCUT2D eigenvalue weighted by Gasteiger charge is 2.16. The molecule has 0 saturated carbocycles. The van der Waals surface area contributed by atoms with E-state index >= 15 is 0 Å². The Morgan fingerprint density at radius 1 is 1.32 bits per heavy atom. The molecule has 1 aromatic heterocycles. The number of aromatic nitrogens is 2. The minimum atomic E-state index is -0.244. The molecule has 0 aliphatic carbocycles. The number of aryl methyl sites for hydroxylation is 1. The summed E-state index contributed by atoms with van der Waals surface area (Å²) in [4.78, 5) is 4.53. The molecule has 1 unspecified atom stereocenters. The third-order valence-electron chi connectivity index (χ3n) is 3.30. The zero-order valence-corrected chi connectivity index (χ0v) is 12.4. The molecule has 2 nitrogen and oxygen atoms in total.